The highest BCUT2D eigenvalue weighted by Gasteiger charge is 2.17. The van der Waals surface area contributed by atoms with Gasteiger partial charge in [0, 0.05) is 12.1 Å². The van der Waals surface area contributed by atoms with E-state index in [1.165, 1.54) is 11.3 Å². The number of nitrogens with one attached hydrogen (secondary N) is 1. The van der Waals surface area contributed by atoms with E-state index >= 15 is 0 Å². The Kier molecular flexibility index (Phi) is 4.80. The van der Waals surface area contributed by atoms with Crippen molar-refractivity contribution in [3.8, 4) is 0 Å². The molecule has 0 fully saturated rings. The fraction of sp³-hybridized carbons (Fsp3) is 0.267. The average molecular weight is 323 g/mol. The van der Waals surface area contributed by atoms with Gasteiger partial charge in [-0.05, 0) is 42.5 Å². The topological polar surface area (TPSA) is 63.2 Å². The molecular formula is C15H17NO3S2. The molecule has 1 heterocycles. The third-order valence-electron chi connectivity index (χ3n) is 3.28. The number of benzene rings is 1. The maximum atomic E-state index is 12.0. The second kappa shape index (κ2) is 6.41. The highest BCUT2D eigenvalue weighted by molar-refractivity contribution is 7.93. The average Bonchev–Trinajstić information content (AvgIpc) is 2.97. The molecule has 0 aliphatic heterocycles. The summed E-state index contributed by atoms with van der Waals surface area (Å²) in [6.07, 6.45) is -0.0480. The summed E-state index contributed by atoms with van der Waals surface area (Å²) >= 11 is 1.17. The Labute approximate surface area is 128 Å². The molecule has 0 aliphatic carbocycles. The Balaban J connectivity index is 1.98. The number of hydrogen-bond acceptors (Lipinski definition) is 4. The molecule has 0 saturated heterocycles. The zero-order valence-electron chi connectivity index (χ0n) is 11.9. The lowest BCUT2D eigenvalue weighted by molar-refractivity contribution is -0.115. The predicted molar refractivity (Wildman–Crippen MR) is 85.5 cm³/mol. The summed E-state index contributed by atoms with van der Waals surface area (Å²) in [5, 5.41) is 4.48. The standard InChI is InChI=1S/C15H17NO3S2/c1-11-5-3-6-13(12(11)2)16-14(17)8-10-21(18,19)15-7-4-9-20-15/h3-7,9H,8,10H2,1-2H3,(H,16,17). The Morgan fingerprint density at radius 2 is 1.95 bits per heavy atom. The van der Waals surface area contributed by atoms with Gasteiger partial charge in [-0.15, -0.1) is 11.3 Å². The first-order valence-corrected chi connectivity index (χ1v) is 9.05. The van der Waals surface area contributed by atoms with Gasteiger partial charge >= 0.3 is 0 Å². The van der Waals surface area contributed by atoms with E-state index in [-0.39, 0.29) is 18.1 Å². The first kappa shape index (κ1) is 15.7. The van der Waals surface area contributed by atoms with Gasteiger partial charge in [0.05, 0.1) is 5.75 Å². The third kappa shape index (κ3) is 3.92. The van der Waals surface area contributed by atoms with Crippen LogP contribution in [0.2, 0.25) is 0 Å². The van der Waals surface area contributed by atoms with E-state index in [0.29, 0.717) is 4.21 Å². The quantitative estimate of drug-likeness (QED) is 0.919. The van der Waals surface area contributed by atoms with Crippen LogP contribution >= 0.6 is 11.3 Å². The molecule has 0 unspecified atom stereocenters. The first-order valence-electron chi connectivity index (χ1n) is 6.52. The van der Waals surface area contributed by atoms with Crippen molar-refractivity contribution >= 4 is 32.8 Å². The summed E-state index contributed by atoms with van der Waals surface area (Å²) < 4.78 is 24.3. The molecule has 1 aromatic heterocycles. The number of aryl methyl sites for hydroxylation is 1. The molecule has 21 heavy (non-hydrogen) atoms. The second-order valence-corrected chi connectivity index (χ2v) is 8.08. The molecule has 0 radical (unpaired) electrons. The normalized spacial score (nSPS) is 11.3. The van der Waals surface area contributed by atoms with Gasteiger partial charge in [0.15, 0.2) is 9.84 Å². The number of carbonyl (C=O) groups is 1. The lowest BCUT2D eigenvalue weighted by Gasteiger charge is -2.10. The first-order chi connectivity index (χ1) is 9.90. The van der Waals surface area contributed by atoms with E-state index < -0.39 is 9.84 Å². The van der Waals surface area contributed by atoms with Crippen molar-refractivity contribution < 1.29 is 13.2 Å². The van der Waals surface area contributed by atoms with Crippen LogP contribution in [0.4, 0.5) is 5.69 Å². The van der Waals surface area contributed by atoms with Crippen LogP contribution in [0.25, 0.3) is 0 Å². The van der Waals surface area contributed by atoms with Gasteiger partial charge in [0.25, 0.3) is 0 Å². The Bertz CT molecular complexity index is 734. The van der Waals surface area contributed by atoms with Gasteiger partial charge in [0.2, 0.25) is 5.91 Å². The molecule has 2 aromatic rings. The van der Waals surface area contributed by atoms with Crippen LogP contribution in [-0.2, 0) is 14.6 Å². The lowest BCUT2D eigenvalue weighted by Crippen LogP contribution is -2.17. The van der Waals surface area contributed by atoms with E-state index in [9.17, 15) is 13.2 Å². The molecule has 1 N–H and O–H groups in total. The Morgan fingerprint density at radius 3 is 2.62 bits per heavy atom. The minimum absolute atomic E-state index is 0.0480. The number of rotatable bonds is 5. The summed E-state index contributed by atoms with van der Waals surface area (Å²) in [5.41, 5.74) is 2.81. The van der Waals surface area contributed by atoms with Gasteiger partial charge in [-0.1, -0.05) is 18.2 Å². The van der Waals surface area contributed by atoms with Crippen molar-refractivity contribution in [3.05, 3.63) is 46.8 Å². The van der Waals surface area contributed by atoms with E-state index in [0.717, 1.165) is 16.8 Å². The highest BCUT2D eigenvalue weighted by Crippen LogP contribution is 2.20. The van der Waals surface area contributed by atoms with Gasteiger partial charge in [-0.3, -0.25) is 4.79 Å². The predicted octanol–water partition coefficient (Wildman–Crippen LogP) is 3.17. The molecule has 0 aliphatic rings. The maximum absolute atomic E-state index is 12.0. The summed E-state index contributed by atoms with van der Waals surface area (Å²) in [6, 6.07) is 8.89. The molecule has 0 spiro atoms. The number of thiophene rings is 1. The second-order valence-electron chi connectivity index (χ2n) is 4.80. The van der Waals surface area contributed by atoms with Crippen LogP contribution in [0.5, 0.6) is 0 Å². The van der Waals surface area contributed by atoms with Crippen molar-refractivity contribution in [2.24, 2.45) is 0 Å². The summed E-state index contributed by atoms with van der Waals surface area (Å²) in [5.74, 6) is -0.464. The van der Waals surface area contributed by atoms with E-state index in [2.05, 4.69) is 5.32 Å². The van der Waals surface area contributed by atoms with Crippen molar-refractivity contribution in [2.75, 3.05) is 11.1 Å². The molecule has 112 valence electrons. The molecule has 1 amide bonds. The molecule has 2 rings (SSSR count). The third-order valence-corrected chi connectivity index (χ3v) is 6.48. The minimum atomic E-state index is -3.36. The van der Waals surface area contributed by atoms with Crippen LogP contribution in [0.1, 0.15) is 17.5 Å². The number of anilines is 1. The fourth-order valence-electron chi connectivity index (χ4n) is 1.87. The van der Waals surface area contributed by atoms with Crippen molar-refractivity contribution in [3.63, 3.8) is 0 Å². The fourth-order valence-corrected chi connectivity index (χ4v) is 4.26. The van der Waals surface area contributed by atoms with E-state index in [1.807, 2.05) is 32.0 Å². The van der Waals surface area contributed by atoms with Gasteiger partial charge < -0.3 is 5.32 Å². The molecular weight excluding hydrogens is 306 g/mol. The highest BCUT2D eigenvalue weighted by atomic mass is 32.2. The maximum Gasteiger partial charge on any atom is 0.225 e. The molecule has 4 nitrogen and oxygen atoms in total. The van der Waals surface area contributed by atoms with Crippen molar-refractivity contribution in [1.29, 1.82) is 0 Å². The molecule has 0 bridgehead atoms. The molecule has 1 aromatic carbocycles. The van der Waals surface area contributed by atoms with Gasteiger partial charge in [0.1, 0.15) is 4.21 Å². The molecule has 0 saturated carbocycles. The van der Waals surface area contributed by atoms with Crippen molar-refractivity contribution in [2.45, 2.75) is 24.5 Å². The number of hydrogen-bond donors (Lipinski definition) is 1. The lowest BCUT2D eigenvalue weighted by atomic mass is 10.1. The SMILES string of the molecule is Cc1cccc(NC(=O)CCS(=O)(=O)c2cccs2)c1C. The van der Waals surface area contributed by atoms with E-state index in [4.69, 9.17) is 0 Å². The Morgan fingerprint density at radius 1 is 1.19 bits per heavy atom. The monoisotopic (exact) mass is 323 g/mol. The van der Waals surface area contributed by atoms with Gasteiger partial charge in [-0.2, -0.15) is 0 Å². The number of amides is 1. The zero-order valence-corrected chi connectivity index (χ0v) is 13.6. The van der Waals surface area contributed by atoms with Crippen LogP contribution in [0.15, 0.2) is 39.9 Å². The zero-order chi connectivity index (χ0) is 15.5. The van der Waals surface area contributed by atoms with Gasteiger partial charge in [-0.25, -0.2) is 8.42 Å². The minimum Gasteiger partial charge on any atom is -0.326 e. The van der Waals surface area contributed by atoms with E-state index in [1.54, 1.807) is 17.5 Å². The van der Waals surface area contributed by atoms with Crippen LogP contribution < -0.4 is 5.32 Å². The molecule has 6 heteroatoms. The largest absolute Gasteiger partial charge is 0.326 e. The number of sulfone groups is 1. The van der Waals surface area contributed by atoms with Crippen LogP contribution in [0.3, 0.4) is 0 Å². The van der Waals surface area contributed by atoms with Crippen LogP contribution in [-0.4, -0.2) is 20.1 Å². The molecule has 0 atom stereocenters. The summed E-state index contributed by atoms with van der Waals surface area (Å²) in [4.78, 5) is 11.9. The number of carbonyl (C=O) groups excluding carboxylic acids is 1. The van der Waals surface area contributed by atoms with Crippen LogP contribution in [0, 0.1) is 13.8 Å². The summed E-state index contributed by atoms with van der Waals surface area (Å²) in [6.45, 7) is 3.89. The smallest absolute Gasteiger partial charge is 0.225 e. The van der Waals surface area contributed by atoms with Crippen molar-refractivity contribution in [1.82, 2.24) is 0 Å². The summed E-state index contributed by atoms with van der Waals surface area (Å²) in [7, 11) is -3.36. The Hall–Kier alpha value is -1.66.